The normalized spacial score (nSPS) is 14.7. The molecule has 0 atom stereocenters. The van der Waals surface area contributed by atoms with Gasteiger partial charge in [0.25, 0.3) is 0 Å². The molecular weight excluding hydrogens is 318 g/mol. The van der Waals surface area contributed by atoms with E-state index in [0.29, 0.717) is 11.8 Å². The maximum atomic E-state index is 10.8. The maximum Gasteiger partial charge on any atom is 0.122 e. The summed E-state index contributed by atoms with van der Waals surface area (Å²) >= 11 is 0. The second-order valence-corrected chi connectivity index (χ2v) is 8.79. The summed E-state index contributed by atoms with van der Waals surface area (Å²) in [6.07, 6.45) is 4.21. The minimum atomic E-state index is -0.0569. The molecule has 140 valence electrons. The monoisotopic (exact) mass is 351 g/mol. The van der Waals surface area contributed by atoms with Gasteiger partial charge < -0.3 is 10.4 Å². The first-order valence-electron chi connectivity index (χ1n) is 9.96. The van der Waals surface area contributed by atoms with Crippen LogP contribution in [0.15, 0.2) is 30.3 Å². The summed E-state index contributed by atoms with van der Waals surface area (Å²) in [6, 6.07) is 11.5. The molecule has 0 aliphatic heterocycles. The van der Waals surface area contributed by atoms with Gasteiger partial charge in [-0.05, 0) is 65.0 Å². The second kappa shape index (κ2) is 7.44. The molecule has 0 amide bonds. The lowest BCUT2D eigenvalue weighted by molar-refractivity contribution is 0.437. The van der Waals surface area contributed by atoms with E-state index in [1.54, 1.807) is 0 Å². The van der Waals surface area contributed by atoms with Crippen LogP contribution in [-0.2, 0) is 31.2 Å². The van der Waals surface area contributed by atoms with E-state index < -0.39 is 0 Å². The fourth-order valence-corrected chi connectivity index (χ4v) is 4.15. The van der Waals surface area contributed by atoms with Gasteiger partial charge in [0.15, 0.2) is 0 Å². The van der Waals surface area contributed by atoms with Crippen molar-refractivity contribution in [3.63, 3.8) is 0 Å². The number of rotatable bonds is 5. The first-order valence-corrected chi connectivity index (χ1v) is 9.96. The van der Waals surface area contributed by atoms with Gasteiger partial charge in [0, 0.05) is 12.6 Å². The second-order valence-electron chi connectivity index (χ2n) is 8.79. The smallest absolute Gasteiger partial charge is 0.122 e. The van der Waals surface area contributed by atoms with Crippen molar-refractivity contribution in [1.29, 1.82) is 0 Å². The number of fused-ring (bicyclic) bond motifs is 1. The zero-order valence-electron chi connectivity index (χ0n) is 16.9. The average Bonchev–Trinajstić information content (AvgIpc) is 2.99. The molecule has 0 bridgehead atoms. The van der Waals surface area contributed by atoms with Crippen LogP contribution in [0.5, 0.6) is 5.75 Å². The highest BCUT2D eigenvalue weighted by Gasteiger charge is 2.24. The lowest BCUT2D eigenvalue weighted by Crippen LogP contribution is -2.29. The minimum absolute atomic E-state index is 0.0569. The Bertz CT molecular complexity index is 761. The highest BCUT2D eigenvalue weighted by molar-refractivity contribution is 5.52. The average molecular weight is 352 g/mol. The van der Waals surface area contributed by atoms with Crippen LogP contribution < -0.4 is 5.32 Å². The number of nitrogens with one attached hydrogen (secondary N) is 1. The fraction of sp³-hybridized carbons (Fsp3) is 0.500. The molecule has 2 nitrogen and oxygen atoms in total. The van der Waals surface area contributed by atoms with E-state index in [4.69, 9.17) is 0 Å². The molecule has 2 aromatic rings. The topological polar surface area (TPSA) is 32.3 Å². The van der Waals surface area contributed by atoms with Crippen LogP contribution in [0.25, 0.3) is 0 Å². The lowest BCUT2D eigenvalue weighted by Gasteiger charge is -2.26. The Hall–Kier alpha value is -1.80. The van der Waals surface area contributed by atoms with E-state index in [0.717, 1.165) is 43.4 Å². The van der Waals surface area contributed by atoms with E-state index in [9.17, 15) is 5.11 Å². The van der Waals surface area contributed by atoms with Crippen molar-refractivity contribution < 1.29 is 5.11 Å². The first-order chi connectivity index (χ1) is 12.3. The molecule has 0 saturated carbocycles. The molecular formula is C24H33NO. The van der Waals surface area contributed by atoms with Crippen molar-refractivity contribution >= 4 is 0 Å². The molecule has 2 N–H and O–H groups in total. The van der Waals surface area contributed by atoms with Crippen molar-refractivity contribution in [2.24, 2.45) is 0 Å². The van der Waals surface area contributed by atoms with Gasteiger partial charge in [-0.2, -0.15) is 0 Å². The molecule has 0 spiro atoms. The van der Waals surface area contributed by atoms with Crippen LogP contribution in [0.3, 0.4) is 0 Å². The van der Waals surface area contributed by atoms with Crippen molar-refractivity contribution in [2.75, 3.05) is 0 Å². The number of phenols is 1. The predicted molar refractivity (Wildman–Crippen MR) is 110 cm³/mol. The van der Waals surface area contributed by atoms with Crippen LogP contribution >= 0.6 is 0 Å². The number of aromatic hydroxyl groups is 1. The molecule has 2 aromatic carbocycles. The molecule has 2 heteroatoms. The van der Waals surface area contributed by atoms with E-state index in [-0.39, 0.29) is 5.41 Å². The fourth-order valence-electron chi connectivity index (χ4n) is 4.15. The Morgan fingerprint density at radius 1 is 1.12 bits per heavy atom. The molecule has 0 unspecified atom stereocenters. The van der Waals surface area contributed by atoms with Gasteiger partial charge in [-0.25, -0.2) is 0 Å². The zero-order chi connectivity index (χ0) is 18.9. The summed E-state index contributed by atoms with van der Waals surface area (Å²) in [5, 5.41) is 14.6. The van der Waals surface area contributed by atoms with Crippen molar-refractivity contribution in [1.82, 2.24) is 5.32 Å². The van der Waals surface area contributed by atoms with Gasteiger partial charge in [-0.3, -0.25) is 0 Å². The lowest BCUT2D eigenvalue weighted by atomic mass is 9.81. The summed E-state index contributed by atoms with van der Waals surface area (Å²) in [4.78, 5) is 0. The summed E-state index contributed by atoms with van der Waals surface area (Å²) in [5.74, 6) is 0.508. The largest absolute Gasteiger partial charge is 0.507 e. The van der Waals surface area contributed by atoms with Crippen LogP contribution in [0, 0.1) is 6.92 Å². The molecule has 0 aromatic heterocycles. The molecule has 0 heterocycles. The van der Waals surface area contributed by atoms with Crippen LogP contribution in [-0.4, -0.2) is 11.1 Å². The quantitative estimate of drug-likeness (QED) is 0.775. The minimum Gasteiger partial charge on any atom is -0.507 e. The third-order valence-electron chi connectivity index (χ3n) is 5.73. The standard InChI is InChI=1S/C24H33NO/c1-6-9-21-16(2)19(14-22(23(21)26)24(3,4)5)15-25-20-12-17-10-7-8-11-18(17)13-20/h7-8,10-11,14,20,25-26H,6,9,12-13,15H2,1-5H3. The predicted octanol–water partition coefficient (Wildman–Crippen LogP) is 5.21. The van der Waals surface area contributed by atoms with Crippen LogP contribution in [0.2, 0.25) is 0 Å². The van der Waals surface area contributed by atoms with Gasteiger partial charge in [0.05, 0.1) is 0 Å². The van der Waals surface area contributed by atoms with E-state index in [1.165, 1.54) is 22.3 Å². The van der Waals surface area contributed by atoms with E-state index in [2.05, 4.69) is 70.3 Å². The van der Waals surface area contributed by atoms with E-state index in [1.807, 2.05) is 0 Å². The number of benzene rings is 2. The first kappa shape index (κ1) is 19.0. The summed E-state index contributed by atoms with van der Waals surface area (Å²) in [5.41, 5.74) is 7.68. The van der Waals surface area contributed by atoms with Crippen molar-refractivity contribution in [2.45, 2.75) is 78.3 Å². The summed E-state index contributed by atoms with van der Waals surface area (Å²) in [6.45, 7) is 11.7. The van der Waals surface area contributed by atoms with Crippen LogP contribution in [0.1, 0.15) is 67.5 Å². The van der Waals surface area contributed by atoms with E-state index >= 15 is 0 Å². The molecule has 1 aliphatic rings. The molecule has 0 saturated heterocycles. The van der Waals surface area contributed by atoms with Gasteiger partial charge in [-0.15, -0.1) is 0 Å². The molecule has 0 radical (unpaired) electrons. The molecule has 26 heavy (non-hydrogen) atoms. The highest BCUT2D eigenvalue weighted by atomic mass is 16.3. The third-order valence-corrected chi connectivity index (χ3v) is 5.73. The van der Waals surface area contributed by atoms with Gasteiger partial charge in [-0.1, -0.05) is 64.4 Å². The molecule has 3 rings (SSSR count). The van der Waals surface area contributed by atoms with Gasteiger partial charge >= 0.3 is 0 Å². The maximum absolute atomic E-state index is 10.8. The molecule has 1 aliphatic carbocycles. The number of hydrogen-bond acceptors (Lipinski definition) is 2. The highest BCUT2D eigenvalue weighted by Crippen LogP contribution is 2.37. The molecule has 0 fully saturated rings. The number of hydrogen-bond donors (Lipinski definition) is 2. The Morgan fingerprint density at radius 2 is 1.73 bits per heavy atom. The third kappa shape index (κ3) is 3.81. The SMILES string of the molecule is CCCc1c(C)c(CNC2Cc3ccccc3C2)cc(C(C)(C)C)c1O. The van der Waals surface area contributed by atoms with Crippen LogP contribution in [0.4, 0.5) is 0 Å². The van der Waals surface area contributed by atoms with Gasteiger partial charge in [0.2, 0.25) is 0 Å². The van der Waals surface area contributed by atoms with Crippen molar-refractivity contribution in [3.05, 3.63) is 63.7 Å². The Labute approximate surface area is 158 Å². The Balaban J connectivity index is 1.82. The Kier molecular flexibility index (Phi) is 5.43. The van der Waals surface area contributed by atoms with Gasteiger partial charge in [0.1, 0.15) is 5.75 Å². The Morgan fingerprint density at radius 3 is 2.27 bits per heavy atom. The number of phenolic OH excluding ortho intramolecular Hbond substituents is 1. The zero-order valence-corrected chi connectivity index (χ0v) is 16.9. The summed E-state index contributed by atoms with van der Waals surface area (Å²) < 4.78 is 0. The van der Waals surface area contributed by atoms with Crippen molar-refractivity contribution in [3.8, 4) is 5.75 Å². The summed E-state index contributed by atoms with van der Waals surface area (Å²) in [7, 11) is 0.